The molecule has 0 bridgehead atoms. The fourth-order valence-electron chi connectivity index (χ4n) is 0.938. The van der Waals surface area contributed by atoms with Crippen LogP contribution in [0.2, 0.25) is 0 Å². The summed E-state index contributed by atoms with van der Waals surface area (Å²) in [5.74, 6) is 0.470. The first-order valence-electron chi connectivity index (χ1n) is 3.09. The van der Waals surface area contributed by atoms with E-state index in [9.17, 15) is 4.79 Å². The van der Waals surface area contributed by atoms with Gasteiger partial charge in [-0.3, -0.25) is 9.89 Å². The maximum absolute atomic E-state index is 10.8. The number of aromatic nitrogens is 3. The SMILES string of the molecule is Nc1ccnc2cc(=O)[nH]n12. The van der Waals surface area contributed by atoms with E-state index in [1.165, 1.54) is 10.6 Å². The van der Waals surface area contributed by atoms with Crippen molar-refractivity contribution in [3.05, 3.63) is 28.7 Å². The highest BCUT2D eigenvalue weighted by atomic mass is 16.1. The average Bonchev–Trinajstić information content (AvgIpc) is 2.31. The second-order valence-electron chi connectivity index (χ2n) is 2.18. The molecule has 0 spiro atoms. The first kappa shape index (κ1) is 5.96. The Hall–Kier alpha value is -1.78. The van der Waals surface area contributed by atoms with Crippen LogP contribution < -0.4 is 11.3 Å². The quantitative estimate of drug-likeness (QED) is 0.536. The van der Waals surface area contributed by atoms with Crippen LogP contribution in [0, 0.1) is 0 Å². The number of fused-ring (bicyclic) bond motifs is 1. The number of rotatable bonds is 0. The molecular formula is C6H6N4O. The van der Waals surface area contributed by atoms with Crippen LogP contribution in [0.25, 0.3) is 5.65 Å². The standard InChI is InChI=1S/C6H6N4O/c7-4-1-2-8-5-3-6(11)9-10(4)5/h1-3H,7H2,(H,9,11). The van der Waals surface area contributed by atoms with E-state index in [-0.39, 0.29) is 5.56 Å². The Kier molecular flexibility index (Phi) is 1.00. The van der Waals surface area contributed by atoms with E-state index in [1.807, 2.05) is 0 Å². The van der Waals surface area contributed by atoms with Crippen molar-refractivity contribution in [2.45, 2.75) is 0 Å². The van der Waals surface area contributed by atoms with Gasteiger partial charge in [0.1, 0.15) is 5.82 Å². The minimum absolute atomic E-state index is 0.199. The molecule has 56 valence electrons. The summed E-state index contributed by atoms with van der Waals surface area (Å²) < 4.78 is 1.43. The van der Waals surface area contributed by atoms with Crippen molar-refractivity contribution in [1.29, 1.82) is 0 Å². The minimum atomic E-state index is -0.199. The zero-order valence-corrected chi connectivity index (χ0v) is 5.61. The smallest absolute Gasteiger partial charge is 0.266 e. The van der Waals surface area contributed by atoms with E-state index < -0.39 is 0 Å². The fraction of sp³-hybridized carbons (Fsp3) is 0. The van der Waals surface area contributed by atoms with Crippen LogP contribution >= 0.6 is 0 Å². The first-order chi connectivity index (χ1) is 5.27. The molecule has 2 heterocycles. The lowest BCUT2D eigenvalue weighted by molar-refractivity contribution is 0.932. The molecule has 11 heavy (non-hydrogen) atoms. The monoisotopic (exact) mass is 150 g/mol. The van der Waals surface area contributed by atoms with Crippen molar-refractivity contribution >= 4 is 11.5 Å². The third-order valence-electron chi connectivity index (χ3n) is 1.42. The largest absolute Gasteiger partial charge is 0.384 e. The lowest BCUT2D eigenvalue weighted by Gasteiger charge is -1.95. The van der Waals surface area contributed by atoms with Gasteiger partial charge in [-0.1, -0.05) is 0 Å². The van der Waals surface area contributed by atoms with Crippen LogP contribution in [0.1, 0.15) is 0 Å². The number of nitrogen functional groups attached to an aromatic ring is 1. The highest BCUT2D eigenvalue weighted by Crippen LogP contribution is 2.00. The highest BCUT2D eigenvalue weighted by Gasteiger charge is 1.97. The summed E-state index contributed by atoms with van der Waals surface area (Å²) in [6.07, 6.45) is 1.55. The molecule has 0 amide bonds. The summed E-state index contributed by atoms with van der Waals surface area (Å²) in [4.78, 5) is 14.7. The summed E-state index contributed by atoms with van der Waals surface area (Å²) in [5.41, 5.74) is 5.86. The molecule has 0 fully saturated rings. The number of hydrogen-bond donors (Lipinski definition) is 2. The molecule has 2 rings (SSSR count). The molecule has 0 aliphatic heterocycles. The second-order valence-corrected chi connectivity index (χ2v) is 2.18. The van der Waals surface area contributed by atoms with Gasteiger partial charge in [0.05, 0.1) is 0 Å². The van der Waals surface area contributed by atoms with Crippen LogP contribution in [-0.4, -0.2) is 14.6 Å². The number of nitrogens with zero attached hydrogens (tertiary/aromatic N) is 2. The maximum Gasteiger partial charge on any atom is 0.266 e. The molecule has 0 radical (unpaired) electrons. The van der Waals surface area contributed by atoms with Gasteiger partial charge in [0.2, 0.25) is 0 Å². The molecule has 0 aliphatic rings. The molecular weight excluding hydrogens is 144 g/mol. The second kappa shape index (κ2) is 1.85. The Morgan fingerprint density at radius 2 is 2.45 bits per heavy atom. The van der Waals surface area contributed by atoms with E-state index in [4.69, 9.17) is 5.73 Å². The van der Waals surface area contributed by atoms with E-state index in [1.54, 1.807) is 12.3 Å². The number of anilines is 1. The lowest BCUT2D eigenvalue weighted by atomic mass is 10.6. The van der Waals surface area contributed by atoms with Gasteiger partial charge in [0.15, 0.2) is 5.65 Å². The average molecular weight is 150 g/mol. The number of nitrogens with two attached hydrogens (primary N) is 1. The van der Waals surface area contributed by atoms with Gasteiger partial charge in [-0.05, 0) is 6.07 Å². The molecule has 0 saturated carbocycles. The molecule has 2 aromatic heterocycles. The number of nitrogens with one attached hydrogen (secondary N) is 1. The Morgan fingerprint density at radius 1 is 1.64 bits per heavy atom. The molecule has 0 aromatic carbocycles. The molecule has 0 saturated heterocycles. The molecule has 5 nitrogen and oxygen atoms in total. The predicted molar refractivity (Wildman–Crippen MR) is 40.2 cm³/mol. The molecule has 5 heteroatoms. The minimum Gasteiger partial charge on any atom is -0.384 e. The Balaban J connectivity index is 3.01. The normalized spacial score (nSPS) is 10.5. The molecule has 0 atom stereocenters. The first-order valence-corrected chi connectivity index (χ1v) is 3.09. The van der Waals surface area contributed by atoms with Crippen LogP contribution in [0.5, 0.6) is 0 Å². The lowest BCUT2D eigenvalue weighted by Crippen LogP contribution is -2.02. The third-order valence-corrected chi connectivity index (χ3v) is 1.42. The predicted octanol–water partition coefficient (Wildman–Crippen LogP) is -0.395. The summed E-state index contributed by atoms with van der Waals surface area (Å²) in [7, 11) is 0. The van der Waals surface area contributed by atoms with Crippen molar-refractivity contribution in [1.82, 2.24) is 14.6 Å². The van der Waals surface area contributed by atoms with Crippen molar-refractivity contribution in [2.24, 2.45) is 0 Å². The van der Waals surface area contributed by atoms with E-state index in [0.717, 1.165) is 0 Å². The fourth-order valence-corrected chi connectivity index (χ4v) is 0.938. The molecule has 2 aromatic rings. The van der Waals surface area contributed by atoms with Crippen molar-refractivity contribution in [3.63, 3.8) is 0 Å². The van der Waals surface area contributed by atoms with Crippen LogP contribution in [0.3, 0.4) is 0 Å². The number of aromatic amines is 1. The highest BCUT2D eigenvalue weighted by molar-refractivity contribution is 5.43. The van der Waals surface area contributed by atoms with E-state index >= 15 is 0 Å². The van der Waals surface area contributed by atoms with Gasteiger partial charge in [0.25, 0.3) is 5.56 Å². The molecule has 0 unspecified atom stereocenters. The molecule has 3 N–H and O–H groups in total. The van der Waals surface area contributed by atoms with Crippen molar-refractivity contribution < 1.29 is 0 Å². The van der Waals surface area contributed by atoms with Crippen LogP contribution in [0.4, 0.5) is 5.82 Å². The zero-order chi connectivity index (χ0) is 7.84. The van der Waals surface area contributed by atoms with Gasteiger partial charge in [-0.15, -0.1) is 0 Å². The van der Waals surface area contributed by atoms with E-state index in [0.29, 0.717) is 11.5 Å². The van der Waals surface area contributed by atoms with Crippen molar-refractivity contribution in [2.75, 3.05) is 5.73 Å². The number of H-pyrrole nitrogens is 1. The summed E-state index contributed by atoms with van der Waals surface area (Å²) in [6, 6.07) is 3.00. The Morgan fingerprint density at radius 3 is 3.18 bits per heavy atom. The summed E-state index contributed by atoms with van der Waals surface area (Å²) in [5, 5.41) is 2.50. The summed E-state index contributed by atoms with van der Waals surface area (Å²) in [6.45, 7) is 0. The Labute approximate surface area is 61.5 Å². The third kappa shape index (κ3) is 0.778. The van der Waals surface area contributed by atoms with Crippen LogP contribution in [0.15, 0.2) is 23.1 Å². The van der Waals surface area contributed by atoms with Crippen LogP contribution in [-0.2, 0) is 0 Å². The van der Waals surface area contributed by atoms with Gasteiger partial charge >= 0.3 is 0 Å². The number of hydrogen-bond acceptors (Lipinski definition) is 3. The Bertz CT molecular complexity index is 441. The topological polar surface area (TPSA) is 76.2 Å². The van der Waals surface area contributed by atoms with Gasteiger partial charge < -0.3 is 5.73 Å². The van der Waals surface area contributed by atoms with Gasteiger partial charge in [-0.25, -0.2) is 9.50 Å². The van der Waals surface area contributed by atoms with Gasteiger partial charge in [0, 0.05) is 12.3 Å². The maximum atomic E-state index is 10.8. The van der Waals surface area contributed by atoms with E-state index in [2.05, 4.69) is 10.1 Å². The van der Waals surface area contributed by atoms with Gasteiger partial charge in [-0.2, -0.15) is 0 Å². The van der Waals surface area contributed by atoms with Crippen molar-refractivity contribution in [3.8, 4) is 0 Å². The summed E-state index contributed by atoms with van der Waals surface area (Å²) >= 11 is 0. The zero-order valence-electron chi connectivity index (χ0n) is 5.61. The molecule has 0 aliphatic carbocycles.